The lowest BCUT2D eigenvalue weighted by Gasteiger charge is -2.28. The standard InChI is InChI=1S/C11H13N3/c1-2-9-10(12-6-1)4-3-8-5-7-13-14-11(8)9/h1-2,6,13-14H,3-5,7H2. The zero-order valence-electron chi connectivity index (χ0n) is 8.01. The van der Waals surface area contributed by atoms with Gasteiger partial charge in [0.2, 0.25) is 0 Å². The SMILES string of the molecule is c1cnc2c(c1)C1=C(CCNN1)CC2. The van der Waals surface area contributed by atoms with Crippen LogP contribution in [0.1, 0.15) is 24.1 Å². The average Bonchev–Trinajstić information content (AvgIpc) is 2.29. The first-order valence-corrected chi connectivity index (χ1v) is 5.10. The van der Waals surface area contributed by atoms with Crippen LogP contribution in [0, 0.1) is 0 Å². The summed E-state index contributed by atoms with van der Waals surface area (Å²) in [7, 11) is 0. The van der Waals surface area contributed by atoms with Crippen LogP contribution in [0.25, 0.3) is 5.70 Å². The highest BCUT2D eigenvalue weighted by Crippen LogP contribution is 2.30. The van der Waals surface area contributed by atoms with E-state index in [1.165, 1.54) is 17.0 Å². The van der Waals surface area contributed by atoms with Crippen molar-refractivity contribution in [2.75, 3.05) is 6.54 Å². The molecule has 0 bridgehead atoms. The molecule has 3 heteroatoms. The minimum atomic E-state index is 1.04. The second kappa shape index (κ2) is 3.10. The number of aryl methyl sites for hydroxylation is 1. The molecular formula is C11H13N3. The number of pyridine rings is 1. The number of hydrogen-bond acceptors (Lipinski definition) is 3. The Bertz CT molecular complexity index is 395. The minimum Gasteiger partial charge on any atom is -0.321 e. The minimum absolute atomic E-state index is 1.04. The van der Waals surface area contributed by atoms with Gasteiger partial charge in [0.15, 0.2) is 0 Å². The summed E-state index contributed by atoms with van der Waals surface area (Å²) in [5.74, 6) is 0. The van der Waals surface area contributed by atoms with Gasteiger partial charge in [-0.1, -0.05) is 0 Å². The van der Waals surface area contributed by atoms with Gasteiger partial charge in [-0.25, -0.2) is 5.43 Å². The van der Waals surface area contributed by atoms with E-state index >= 15 is 0 Å². The summed E-state index contributed by atoms with van der Waals surface area (Å²) in [6, 6.07) is 4.15. The number of aromatic nitrogens is 1. The molecule has 0 spiro atoms. The van der Waals surface area contributed by atoms with Gasteiger partial charge < -0.3 is 5.43 Å². The maximum absolute atomic E-state index is 4.41. The molecule has 2 N–H and O–H groups in total. The molecule has 14 heavy (non-hydrogen) atoms. The first kappa shape index (κ1) is 8.00. The van der Waals surface area contributed by atoms with Crippen LogP contribution in [-0.4, -0.2) is 11.5 Å². The molecule has 72 valence electrons. The number of hydrazine groups is 1. The Morgan fingerprint density at radius 3 is 3.21 bits per heavy atom. The van der Waals surface area contributed by atoms with Gasteiger partial charge in [0.1, 0.15) is 0 Å². The van der Waals surface area contributed by atoms with Crippen molar-refractivity contribution in [3.63, 3.8) is 0 Å². The van der Waals surface area contributed by atoms with Crippen molar-refractivity contribution in [2.24, 2.45) is 0 Å². The summed E-state index contributed by atoms with van der Waals surface area (Å²) in [5, 5.41) is 0. The molecule has 1 aromatic heterocycles. The second-order valence-electron chi connectivity index (χ2n) is 3.78. The number of nitrogens with one attached hydrogen (secondary N) is 2. The van der Waals surface area contributed by atoms with E-state index in [0.29, 0.717) is 0 Å². The van der Waals surface area contributed by atoms with E-state index < -0.39 is 0 Å². The predicted molar refractivity (Wildman–Crippen MR) is 55.2 cm³/mol. The highest BCUT2D eigenvalue weighted by molar-refractivity contribution is 5.70. The normalized spacial score (nSPS) is 19.7. The van der Waals surface area contributed by atoms with E-state index in [9.17, 15) is 0 Å². The van der Waals surface area contributed by atoms with Crippen molar-refractivity contribution in [3.8, 4) is 0 Å². The fraction of sp³-hybridized carbons (Fsp3) is 0.364. The fourth-order valence-corrected chi connectivity index (χ4v) is 2.22. The molecule has 0 amide bonds. The largest absolute Gasteiger partial charge is 0.321 e. The highest BCUT2D eigenvalue weighted by atomic mass is 15.4. The zero-order valence-corrected chi connectivity index (χ0v) is 8.01. The van der Waals surface area contributed by atoms with E-state index in [1.54, 1.807) is 5.57 Å². The van der Waals surface area contributed by atoms with Crippen LogP contribution in [0.15, 0.2) is 23.9 Å². The van der Waals surface area contributed by atoms with Crippen molar-refractivity contribution >= 4 is 5.70 Å². The number of nitrogens with zero attached hydrogens (tertiary/aromatic N) is 1. The van der Waals surface area contributed by atoms with E-state index in [1.807, 2.05) is 12.3 Å². The van der Waals surface area contributed by atoms with Crippen LogP contribution in [0.2, 0.25) is 0 Å². The van der Waals surface area contributed by atoms with Crippen molar-refractivity contribution in [1.29, 1.82) is 0 Å². The molecular weight excluding hydrogens is 174 g/mol. The Labute approximate surface area is 83.2 Å². The van der Waals surface area contributed by atoms with Crippen molar-refractivity contribution in [1.82, 2.24) is 15.8 Å². The Kier molecular flexibility index (Phi) is 1.77. The Morgan fingerprint density at radius 1 is 1.21 bits per heavy atom. The molecule has 1 aliphatic carbocycles. The molecule has 3 nitrogen and oxygen atoms in total. The molecule has 0 unspecified atom stereocenters. The Balaban J connectivity index is 2.13. The van der Waals surface area contributed by atoms with Gasteiger partial charge in [0, 0.05) is 24.0 Å². The number of rotatable bonds is 0. The third kappa shape index (κ3) is 1.13. The van der Waals surface area contributed by atoms with E-state index in [4.69, 9.17) is 0 Å². The molecule has 0 atom stereocenters. The first-order valence-electron chi connectivity index (χ1n) is 5.10. The maximum Gasteiger partial charge on any atom is 0.0570 e. The summed E-state index contributed by atoms with van der Waals surface area (Å²) >= 11 is 0. The third-order valence-electron chi connectivity index (χ3n) is 2.94. The van der Waals surface area contributed by atoms with E-state index in [-0.39, 0.29) is 0 Å². The number of fused-ring (bicyclic) bond motifs is 2. The Hall–Kier alpha value is -1.35. The van der Waals surface area contributed by atoms with Crippen LogP contribution >= 0.6 is 0 Å². The average molecular weight is 187 g/mol. The lowest BCUT2D eigenvalue weighted by molar-refractivity contribution is 0.582. The van der Waals surface area contributed by atoms with Gasteiger partial charge in [-0.15, -0.1) is 0 Å². The quantitative estimate of drug-likeness (QED) is 0.641. The van der Waals surface area contributed by atoms with Gasteiger partial charge in [-0.2, -0.15) is 0 Å². The van der Waals surface area contributed by atoms with Crippen LogP contribution in [0.3, 0.4) is 0 Å². The van der Waals surface area contributed by atoms with E-state index in [2.05, 4.69) is 21.9 Å². The molecule has 2 heterocycles. The van der Waals surface area contributed by atoms with Crippen LogP contribution in [0.4, 0.5) is 0 Å². The number of hydrogen-bond donors (Lipinski definition) is 2. The van der Waals surface area contributed by atoms with Crippen molar-refractivity contribution in [3.05, 3.63) is 35.2 Å². The second-order valence-corrected chi connectivity index (χ2v) is 3.78. The summed E-state index contributed by atoms with van der Waals surface area (Å²) in [5.41, 5.74) is 11.8. The zero-order chi connectivity index (χ0) is 9.38. The van der Waals surface area contributed by atoms with Crippen LogP contribution in [-0.2, 0) is 6.42 Å². The molecule has 3 rings (SSSR count). The van der Waals surface area contributed by atoms with Gasteiger partial charge in [0.05, 0.1) is 5.70 Å². The molecule has 0 aromatic carbocycles. The van der Waals surface area contributed by atoms with Crippen LogP contribution < -0.4 is 10.9 Å². The monoisotopic (exact) mass is 187 g/mol. The first-order chi connectivity index (χ1) is 6.95. The molecule has 0 fully saturated rings. The maximum atomic E-state index is 4.41. The fourth-order valence-electron chi connectivity index (χ4n) is 2.22. The smallest absolute Gasteiger partial charge is 0.0570 e. The molecule has 0 saturated carbocycles. The van der Waals surface area contributed by atoms with Crippen molar-refractivity contribution in [2.45, 2.75) is 19.3 Å². The van der Waals surface area contributed by atoms with Gasteiger partial charge in [-0.3, -0.25) is 4.98 Å². The molecule has 0 saturated heterocycles. The molecule has 0 radical (unpaired) electrons. The van der Waals surface area contributed by atoms with Crippen molar-refractivity contribution < 1.29 is 0 Å². The van der Waals surface area contributed by atoms with Crippen LogP contribution in [0.5, 0.6) is 0 Å². The highest BCUT2D eigenvalue weighted by Gasteiger charge is 2.21. The predicted octanol–water partition coefficient (Wildman–Crippen LogP) is 1.24. The molecule has 2 aliphatic rings. The lowest BCUT2D eigenvalue weighted by atomic mass is 9.90. The van der Waals surface area contributed by atoms with E-state index in [0.717, 1.165) is 25.8 Å². The summed E-state index contributed by atoms with van der Waals surface area (Å²) in [4.78, 5) is 4.41. The lowest BCUT2D eigenvalue weighted by Crippen LogP contribution is -2.37. The topological polar surface area (TPSA) is 37.0 Å². The molecule has 1 aromatic rings. The third-order valence-corrected chi connectivity index (χ3v) is 2.94. The Morgan fingerprint density at radius 2 is 2.21 bits per heavy atom. The van der Waals surface area contributed by atoms with Gasteiger partial charge in [-0.05, 0) is 37.0 Å². The summed E-state index contributed by atoms with van der Waals surface area (Å²) in [6.45, 7) is 1.04. The molecule has 1 aliphatic heterocycles. The summed E-state index contributed by atoms with van der Waals surface area (Å²) < 4.78 is 0. The van der Waals surface area contributed by atoms with Gasteiger partial charge in [0.25, 0.3) is 0 Å². The summed E-state index contributed by atoms with van der Waals surface area (Å²) in [6.07, 6.45) is 5.29. The van der Waals surface area contributed by atoms with Gasteiger partial charge >= 0.3 is 0 Å².